The Kier molecular flexibility index (Phi) is 5.31. The number of amides is 1. The van der Waals surface area contributed by atoms with Gasteiger partial charge < -0.3 is 14.7 Å². The molecule has 1 atom stereocenters. The average molecular weight is 371 g/mol. The average Bonchev–Trinajstić information content (AvgIpc) is 2.92. The first kappa shape index (κ1) is 19.5. The number of ketones is 1. The number of carbonyl (C=O) groups is 2. The van der Waals surface area contributed by atoms with Gasteiger partial charge in [-0.15, -0.1) is 0 Å². The quantitative estimate of drug-likeness (QED) is 0.855. The van der Waals surface area contributed by atoms with Crippen molar-refractivity contribution in [1.82, 2.24) is 4.90 Å². The Morgan fingerprint density at radius 1 is 1.19 bits per heavy atom. The number of benzene rings is 1. The van der Waals surface area contributed by atoms with E-state index in [0.717, 1.165) is 37.7 Å². The Bertz CT molecular complexity index is 769. The number of methoxy groups -OCH3 is 1. The molecule has 5 heteroatoms. The third-order valence-corrected chi connectivity index (χ3v) is 5.55. The molecule has 3 rings (SSSR count). The molecule has 1 amide bonds. The number of nitrogens with zero attached hydrogens (tertiary/aromatic N) is 1. The Hall–Kier alpha value is -2.30. The molecule has 1 unspecified atom stereocenters. The number of carbonyl (C=O) groups excluding carboxylic acids is 2. The standard InChI is InChI=1S/C22H29NO4/c1-22(2,3)20(25)17-18(14-9-8-12-16(13-14)27-4)23(21(26)19(17)24)15-10-6-5-7-11-15/h8-9,12-13,15,18,24H,5-7,10-11H2,1-4H3. The van der Waals surface area contributed by atoms with Crippen LogP contribution in [0.2, 0.25) is 0 Å². The van der Waals surface area contributed by atoms with Crippen LogP contribution in [-0.4, -0.2) is 34.8 Å². The molecule has 27 heavy (non-hydrogen) atoms. The zero-order valence-electron chi connectivity index (χ0n) is 16.6. The van der Waals surface area contributed by atoms with Crippen LogP contribution < -0.4 is 4.74 Å². The van der Waals surface area contributed by atoms with Crippen LogP contribution in [0.1, 0.15) is 64.5 Å². The SMILES string of the molecule is COc1cccc(C2C(C(=O)C(C)(C)C)=C(O)C(=O)N2C2CCCCC2)c1. The second-order valence-corrected chi connectivity index (χ2v) is 8.52. The molecule has 1 aromatic carbocycles. The normalized spacial score (nSPS) is 21.7. The highest BCUT2D eigenvalue weighted by molar-refractivity contribution is 6.10. The molecule has 0 spiro atoms. The fraction of sp³-hybridized carbons (Fsp3) is 0.545. The first-order valence-corrected chi connectivity index (χ1v) is 9.70. The zero-order valence-corrected chi connectivity index (χ0v) is 16.6. The van der Waals surface area contributed by atoms with E-state index in [1.807, 2.05) is 45.0 Å². The van der Waals surface area contributed by atoms with E-state index in [2.05, 4.69) is 0 Å². The molecule has 5 nitrogen and oxygen atoms in total. The molecule has 0 aromatic heterocycles. The van der Waals surface area contributed by atoms with Gasteiger partial charge in [-0.25, -0.2) is 0 Å². The van der Waals surface area contributed by atoms with E-state index in [1.54, 1.807) is 12.0 Å². The van der Waals surface area contributed by atoms with Crippen LogP contribution in [0.3, 0.4) is 0 Å². The van der Waals surface area contributed by atoms with Gasteiger partial charge in [0.25, 0.3) is 5.91 Å². The third kappa shape index (κ3) is 3.60. The minimum atomic E-state index is -0.691. The van der Waals surface area contributed by atoms with Gasteiger partial charge in [0.15, 0.2) is 11.5 Å². The van der Waals surface area contributed by atoms with Gasteiger partial charge in [-0.1, -0.05) is 52.2 Å². The van der Waals surface area contributed by atoms with Crippen molar-refractivity contribution in [1.29, 1.82) is 0 Å². The number of aliphatic hydroxyl groups is 1. The van der Waals surface area contributed by atoms with E-state index >= 15 is 0 Å². The molecule has 1 fully saturated rings. The summed E-state index contributed by atoms with van der Waals surface area (Å²) in [4.78, 5) is 27.9. The van der Waals surface area contributed by atoms with E-state index in [0.29, 0.717) is 5.75 Å². The number of Topliss-reactive ketones (excluding diaryl/α,β-unsaturated/α-hetero) is 1. The van der Waals surface area contributed by atoms with Crippen molar-refractivity contribution < 1.29 is 19.4 Å². The monoisotopic (exact) mass is 371 g/mol. The lowest BCUT2D eigenvalue weighted by molar-refractivity contribution is -0.132. The van der Waals surface area contributed by atoms with Gasteiger partial charge in [0.05, 0.1) is 18.7 Å². The smallest absolute Gasteiger partial charge is 0.290 e. The predicted molar refractivity (Wildman–Crippen MR) is 104 cm³/mol. The van der Waals surface area contributed by atoms with Crippen LogP contribution in [0.5, 0.6) is 5.75 Å². The second-order valence-electron chi connectivity index (χ2n) is 8.52. The number of ether oxygens (including phenoxy) is 1. The van der Waals surface area contributed by atoms with Gasteiger partial charge in [-0.3, -0.25) is 9.59 Å². The Balaban J connectivity index is 2.12. The van der Waals surface area contributed by atoms with Crippen LogP contribution in [-0.2, 0) is 9.59 Å². The summed E-state index contributed by atoms with van der Waals surface area (Å²) < 4.78 is 5.34. The van der Waals surface area contributed by atoms with E-state index < -0.39 is 23.1 Å². The maximum atomic E-state index is 13.2. The summed E-state index contributed by atoms with van der Waals surface area (Å²) in [5.74, 6) is -0.354. The summed E-state index contributed by atoms with van der Waals surface area (Å²) in [6.07, 6.45) is 5.08. The molecular formula is C22H29NO4. The fourth-order valence-electron chi connectivity index (χ4n) is 4.13. The van der Waals surface area contributed by atoms with E-state index in [1.165, 1.54) is 0 Å². The van der Waals surface area contributed by atoms with Crippen LogP contribution >= 0.6 is 0 Å². The van der Waals surface area contributed by atoms with Crippen molar-refractivity contribution in [2.24, 2.45) is 5.41 Å². The summed E-state index contributed by atoms with van der Waals surface area (Å²) in [6, 6.07) is 6.90. The maximum Gasteiger partial charge on any atom is 0.290 e. The molecule has 1 aliphatic heterocycles. The number of aliphatic hydroxyl groups excluding tert-OH is 1. The minimum absolute atomic E-state index is 0.0369. The third-order valence-electron chi connectivity index (χ3n) is 5.55. The molecule has 1 heterocycles. The van der Waals surface area contributed by atoms with Crippen molar-refractivity contribution in [2.45, 2.75) is 65.0 Å². The summed E-state index contributed by atoms with van der Waals surface area (Å²) >= 11 is 0. The lowest BCUT2D eigenvalue weighted by atomic mass is 9.81. The van der Waals surface area contributed by atoms with Gasteiger partial charge in [-0.2, -0.15) is 0 Å². The summed E-state index contributed by atoms with van der Waals surface area (Å²) in [6.45, 7) is 5.43. The van der Waals surface area contributed by atoms with Crippen LogP contribution in [0.4, 0.5) is 0 Å². The van der Waals surface area contributed by atoms with E-state index in [-0.39, 0.29) is 17.4 Å². The Morgan fingerprint density at radius 2 is 1.85 bits per heavy atom. The largest absolute Gasteiger partial charge is 0.503 e. The van der Waals surface area contributed by atoms with Crippen molar-refractivity contribution in [3.8, 4) is 5.75 Å². The summed E-state index contributed by atoms with van der Waals surface area (Å²) in [5, 5.41) is 10.7. The van der Waals surface area contributed by atoms with Crippen LogP contribution in [0.25, 0.3) is 0 Å². The zero-order chi connectivity index (χ0) is 19.8. The summed E-state index contributed by atoms with van der Waals surface area (Å²) in [7, 11) is 1.59. The van der Waals surface area contributed by atoms with Crippen LogP contribution in [0, 0.1) is 5.41 Å². The van der Waals surface area contributed by atoms with Crippen molar-refractivity contribution in [3.05, 3.63) is 41.2 Å². The van der Waals surface area contributed by atoms with Crippen molar-refractivity contribution in [3.63, 3.8) is 0 Å². The number of hydrogen-bond donors (Lipinski definition) is 1. The molecule has 1 aliphatic carbocycles. The van der Waals surface area contributed by atoms with Crippen molar-refractivity contribution >= 4 is 11.7 Å². The topological polar surface area (TPSA) is 66.8 Å². The van der Waals surface area contributed by atoms with Crippen molar-refractivity contribution in [2.75, 3.05) is 7.11 Å². The van der Waals surface area contributed by atoms with E-state index in [4.69, 9.17) is 4.74 Å². The molecule has 0 radical (unpaired) electrons. The Labute approximate surface area is 161 Å². The minimum Gasteiger partial charge on any atom is -0.503 e. The summed E-state index contributed by atoms with van der Waals surface area (Å²) in [5.41, 5.74) is 0.319. The molecule has 146 valence electrons. The Morgan fingerprint density at radius 3 is 2.44 bits per heavy atom. The maximum absolute atomic E-state index is 13.2. The first-order valence-electron chi connectivity index (χ1n) is 9.70. The highest BCUT2D eigenvalue weighted by Gasteiger charge is 2.48. The van der Waals surface area contributed by atoms with Gasteiger partial charge >= 0.3 is 0 Å². The second kappa shape index (κ2) is 7.37. The van der Waals surface area contributed by atoms with E-state index in [9.17, 15) is 14.7 Å². The van der Waals surface area contributed by atoms with Gasteiger partial charge in [0, 0.05) is 11.5 Å². The lowest BCUT2D eigenvalue weighted by Crippen LogP contribution is -2.41. The van der Waals surface area contributed by atoms with Gasteiger partial charge in [0.1, 0.15) is 5.75 Å². The predicted octanol–water partition coefficient (Wildman–Crippen LogP) is 4.34. The molecule has 0 bridgehead atoms. The first-order chi connectivity index (χ1) is 12.8. The molecule has 1 aromatic rings. The molecule has 0 saturated heterocycles. The van der Waals surface area contributed by atoms with Gasteiger partial charge in [-0.05, 0) is 30.5 Å². The highest BCUT2D eigenvalue weighted by Crippen LogP contribution is 2.44. The fourth-order valence-corrected chi connectivity index (χ4v) is 4.13. The molecule has 1 N–H and O–H groups in total. The van der Waals surface area contributed by atoms with Gasteiger partial charge in [0.2, 0.25) is 0 Å². The lowest BCUT2D eigenvalue weighted by Gasteiger charge is -2.37. The van der Waals surface area contributed by atoms with Crippen LogP contribution in [0.15, 0.2) is 35.6 Å². The number of hydrogen-bond acceptors (Lipinski definition) is 4. The number of rotatable bonds is 4. The molecular weight excluding hydrogens is 342 g/mol. The highest BCUT2D eigenvalue weighted by atomic mass is 16.5. The molecule has 1 saturated carbocycles. The molecule has 2 aliphatic rings.